The average Bonchev–Trinajstić information content (AvgIpc) is 3.58. The van der Waals surface area contributed by atoms with Crippen molar-refractivity contribution in [3.05, 3.63) is 65.7 Å². The van der Waals surface area contributed by atoms with Crippen LogP contribution in [0, 0.1) is 5.92 Å². The van der Waals surface area contributed by atoms with Gasteiger partial charge in [-0.2, -0.15) is 0 Å². The van der Waals surface area contributed by atoms with E-state index in [2.05, 4.69) is 10.6 Å². The molecule has 1 aliphatic carbocycles. The van der Waals surface area contributed by atoms with E-state index in [0.29, 0.717) is 48.8 Å². The molecule has 1 heterocycles. The summed E-state index contributed by atoms with van der Waals surface area (Å²) in [5.41, 5.74) is 1.82. The highest BCUT2D eigenvalue weighted by Gasteiger charge is 2.31. The van der Waals surface area contributed by atoms with Gasteiger partial charge in [0.1, 0.15) is 0 Å². The van der Waals surface area contributed by atoms with Gasteiger partial charge in [-0.05, 0) is 62.1 Å². The molecule has 2 fully saturated rings. The fourth-order valence-corrected chi connectivity index (χ4v) is 3.56. The number of carbonyl (C=O) groups excluding carboxylic acids is 3. The van der Waals surface area contributed by atoms with Crippen LogP contribution in [0.5, 0.6) is 0 Å². The molecular formula is C23H25N3O3. The normalized spacial score (nSPS) is 16.9. The number of piperidine rings is 1. The number of amides is 3. The molecule has 0 aromatic heterocycles. The molecule has 2 aromatic rings. The number of nitrogens with zero attached hydrogens (tertiary/aromatic N) is 1. The van der Waals surface area contributed by atoms with Gasteiger partial charge in [0, 0.05) is 41.9 Å². The Kier molecular flexibility index (Phi) is 5.60. The van der Waals surface area contributed by atoms with Crippen LogP contribution in [0.25, 0.3) is 0 Å². The third-order valence-electron chi connectivity index (χ3n) is 5.50. The summed E-state index contributed by atoms with van der Waals surface area (Å²) in [5, 5.41) is 5.89. The Morgan fingerprint density at radius 3 is 2.07 bits per heavy atom. The number of hydrogen-bond donors (Lipinski definition) is 2. The van der Waals surface area contributed by atoms with Crippen LogP contribution in [-0.4, -0.2) is 41.8 Å². The molecule has 4 rings (SSSR count). The van der Waals surface area contributed by atoms with Crippen LogP contribution >= 0.6 is 0 Å². The molecule has 0 bridgehead atoms. The monoisotopic (exact) mass is 391 g/mol. The Labute approximate surface area is 170 Å². The van der Waals surface area contributed by atoms with Crippen molar-refractivity contribution in [1.82, 2.24) is 10.2 Å². The minimum absolute atomic E-state index is 0.00947. The van der Waals surface area contributed by atoms with Crippen LogP contribution in [0.3, 0.4) is 0 Å². The van der Waals surface area contributed by atoms with Crippen molar-refractivity contribution in [2.24, 2.45) is 5.92 Å². The Hall–Kier alpha value is -3.15. The number of carbonyl (C=O) groups is 3. The molecule has 2 N–H and O–H groups in total. The maximum absolute atomic E-state index is 12.8. The van der Waals surface area contributed by atoms with Crippen molar-refractivity contribution in [2.45, 2.75) is 31.7 Å². The molecule has 0 radical (unpaired) electrons. The molecule has 3 amide bonds. The van der Waals surface area contributed by atoms with Crippen LogP contribution in [0.4, 0.5) is 5.69 Å². The second-order valence-electron chi connectivity index (χ2n) is 7.75. The number of rotatable bonds is 5. The van der Waals surface area contributed by atoms with Gasteiger partial charge in [-0.3, -0.25) is 14.4 Å². The first-order chi connectivity index (χ1) is 14.1. The third kappa shape index (κ3) is 4.83. The molecular weight excluding hydrogens is 366 g/mol. The van der Waals surface area contributed by atoms with Crippen molar-refractivity contribution in [2.75, 3.05) is 18.4 Å². The van der Waals surface area contributed by atoms with Crippen LogP contribution in [0.15, 0.2) is 54.6 Å². The highest BCUT2D eigenvalue weighted by atomic mass is 16.2. The van der Waals surface area contributed by atoms with E-state index in [1.807, 2.05) is 18.2 Å². The van der Waals surface area contributed by atoms with Gasteiger partial charge in [-0.1, -0.05) is 18.2 Å². The SMILES string of the molecule is O=C(Nc1ccc(C(=O)N2CCC(C(=O)NC3CC3)CC2)cc1)c1ccccc1. The Bertz CT molecular complexity index is 883. The zero-order valence-corrected chi connectivity index (χ0v) is 16.3. The zero-order valence-electron chi connectivity index (χ0n) is 16.3. The Morgan fingerprint density at radius 1 is 0.793 bits per heavy atom. The van der Waals surface area contributed by atoms with Gasteiger partial charge in [-0.25, -0.2) is 0 Å². The van der Waals surface area contributed by atoms with Gasteiger partial charge in [-0.15, -0.1) is 0 Å². The largest absolute Gasteiger partial charge is 0.353 e. The molecule has 0 atom stereocenters. The van der Waals surface area contributed by atoms with E-state index in [1.54, 1.807) is 41.3 Å². The Balaban J connectivity index is 1.30. The fraction of sp³-hybridized carbons (Fsp3) is 0.348. The minimum Gasteiger partial charge on any atom is -0.353 e. The van der Waals surface area contributed by atoms with Gasteiger partial charge in [0.2, 0.25) is 5.91 Å². The van der Waals surface area contributed by atoms with Gasteiger partial charge < -0.3 is 15.5 Å². The lowest BCUT2D eigenvalue weighted by atomic mass is 9.95. The molecule has 29 heavy (non-hydrogen) atoms. The zero-order chi connectivity index (χ0) is 20.2. The summed E-state index contributed by atoms with van der Waals surface area (Å²) in [6.07, 6.45) is 3.58. The quantitative estimate of drug-likeness (QED) is 0.822. The molecule has 150 valence electrons. The molecule has 1 saturated heterocycles. The number of nitrogens with one attached hydrogen (secondary N) is 2. The van der Waals surface area contributed by atoms with Crippen molar-refractivity contribution in [3.8, 4) is 0 Å². The lowest BCUT2D eigenvalue weighted by Crippen LogP contribution is -2.43. The van der Waals surface area contributed by atoms with E-state index in [0.717, 1.165) is 12.8 Å². The number of benzene rings is 2. The molecule has 2 aromatic carbocycles. The van der Waals surface area contributed by atoms with Crippen molar-refractivity contribution in [3.63, 3.8) is 0 Å². The summed E-state index contributed by atoms with van der Waals surface area (Å²) in [6.45, 7) is 1.18. The maximum atomic E-state index is 12.8. The summed E-state index contributed by atoms with van der Waals surface area (Å²) >= 11 is 0. The number of hydrogen-bond acceptors (Lipinski definition) is 3. The van der Waals surface area contributed by atoms with E-state index in [4.69, 9.17) is 0 Å². The van der Waals surface area contributed by atoms with Crippen molar-refractivity contribution in [1.29, 1.82) is 0 Å². The van der Waals surface area contributed by atoms with Crippen LogP contribution in [0.1, 0.15) is 46.4 Å². The van der Waals surface area contributed by atoms with E-state index in [-0.39, 0.29) is 23.6 Å². The lowest BCUT2D eigenvalue weighted by molar-refractivity contribution is -0.126. The lowest BCUT2D eigenvalue weighted by Gasteiger charge is -2.31. The maximum Gasteiger partial charge on any atom is 0.255 e. The third-order valence-corrected chi connectivity index (χ3v) is 5.50. The Morgan fingerprint density at radius 2 is 1.45 bits per heavy atom. The van der Waals surface area contributed by atoms with Gasteiger partial charge in [0.15, 0.2) is 0 Å². The van der Waals surface area contributed by atoms with Crippen LogP contribution in [-0.2, 0) is 4.79 Å². The van der Waals surface area contributed by atoms with E-state index >= 15 is 0 Å². The summed E-state index contributed by atoms with van der Waals surface area (Å²) in [5.74, 6) is -0.0726. The van der Waals surface area contributed by atoms with Crippen molar-refractivity contribution >= 4 is 23.4 Å². The second kappa shape index (κ2) is 8.47. The fourth-order valence-electron chi connectivity index (χ4n) is 3.56. The topological polar surface area (TPSA) is 78.5 Å². The number of likely N-dealkylation sites (tertiary alicyclic amines) is 1. The first-order valence-electron chi connectivity index (χ1n) is 10.2. The standard InChI is InChI=1S/C23H25N3O3/c27-21(16-4-2-1-3-5-16)24-19-8-6-18(7-9-19)23(29)26-14-12-17(13-15-26)22(28)25-20-10-11-20/h1-9,17,20H,10-15H2,(H,24,27)(H,25,28). The molecule has 0 unspecified atom stereocenters. The first kappa shape index (κ1) is 19.2. The average molecular weight is 391 g/mol. The van der Waals surface area contributed by atoms with Crippen LogP contribution in [0.2, 0.25) is 0 Å². The molecule has 2 aliphatic rings. The second-order valence-corrected chi connectivity index (χ2v) is 7.75. The highest BCUT2D eigenvalue weighted by Crippen LogP contribution is 2.23. The molecule has 0 spiro atoms. The van der Waals surface area contributed by atoms with Crippen molar-refractivity contribution < 1.29 is 14.4 Å². The summed E-state index contributed by atoms with van der Waals surface area (Å²) in [4.78, 5) is 39.0. The van der Waals surface area contributed by atoms with E-state index in [9.17, 15) is 14.4 Å². The first-order valence-corrected chi connectivity index (χ1v) is 10.2. The molecule has 6 heteroatoms. The minimum atomic E-state index is -0.184. The van der Waals surface area contributed by atoms with E-state index < -0.39 is 0 Å². The smallest absolute Gasteiger partial charge is 0.255 e. The molecule has 1 aliphatic heterocycles. The summed E-state index contributed by atoms with van der Waals surface area (Å²) < 4.78 is 0. The summed E-state index contributed by atoms with van der Waals surface area (Å²) in [6, 6.07) is 16.3. The van der Waals surface area contributed by atoms with Crippen LogP contribution < -0.4 is 10.6 Å². The predicted octanol–water partition coefficient (Wildman–Crippen LogP) is 3.07. The molecule has 6 nitrogen and oxygen atoms in total. The molecule has 1 saturated carbocycles. The summed E-state index contributed by atoms with van der Waals surface area (Å²) in [7, 11) is 0. The highest BCUT2D eigenvalue weighted by molar-refractivity contribution is 6.04. The van der Waals surface area contributed by atoms with Gasteiger partial charge in [0.05, 0.1) is 0 Å². The predicted molar refractivity (Wildman–Crippen MR) is 111 cm³/mol. The van der Waals surface area contributed by atoms with E-state index in [1.165, 1.54) is 0 Å². The van der Waals surface area contributed by atoms with Gasteiger partial charge >= 0.3 is 0 Å². The number of anilines is 1. The van der Waals surface area contributed by atoms with Gasteiger partial charge in [0.25, 0.3) is 11.8 Å².